The second-order valence-electron chi connectivity index (χ2n) is 9.47. The van der Waals surface area contributed by atoms with Gasteiger partial charge in [0.1, 0.15) is 6.61 Å². The highest BCUT2D eigenvalue weighted by atomic mass is 16.6. The average molecular weight is 512 g/mol. The van der Waals surface area contributed by atoms with Crippen LogP contribution in [0.2, 0.25) is 0 Å². The molecule has 0 fully saturated rings. The fraction of sp³-hybridized carbons (Fsp3) is 0.517. The smallest absolute Gasteiger partial charge is 0.346 e. The van der Waals surface area contributed by atoms with Gasteiger partial charge in [0.05, 0.1) is 26.4 Å². The molecule has 1 aliphatic carbocycles. The van der Waals surface area contributed by atoms with E-state index in [2.05, 4.69) is 23.0 Å². The molecular formula is C29H41N3O5. The zero-order valence-electron chi connectivity index (χ0n) is 23.2. The van der Waals surface area contributed by atoms with Crippen LogP contribution in [0.3, 0.4) is 0 Å². The molecule has 0 aliphatic heterocycles. The summed E-state index contributed by atoms with van der Waals surface area (Å²) in [5.41, 5.74) is 5.07. The predicted molar refractivity (Wildman–Crippen MR) is 145 cm³/mol. The van der Waals surface area contributed by atoms with Gasteiger partial charge in [-0.05, 0) is 76.3 Å². The molecule has 1 heterocycles. The summed E-state index contributed by atoms with van der Waals surface area (Å²) >= 11 is 0. The lowest BCUT2D eigenvalue weighted by Gasteiger charge is -2.25. The second-order valence-corrected chi connectivity index (χ2v) is 9.47. The first-order chi connectivity index (χ1) is 17.6. The van der Waals surface area contributed by atoms with Gasteiger partial charge in [-0.3, -0.25) is 4.57 Å². The highest BCUT2D eigenvalue weighted by Crippen LogP contribution is 2.15. The minimum Gasteiger partial charge on any atom is -0.467 e. The molecule has 1 aromatic rings. The molecule has 0 aromatic carbocycles. The molecule has 0 bridgehead atoms. The molecule has 0 saturated heterocycles. The van der Waals surface area contributed by atoms with Gasteiger partial charge in [-0.1, -0.05) is 37.3 Å². The number of hydrogen-bond acceptors (Lipinski definition) is 6. The van der Waals surface area contributed by atoms with Gasteiger partial charge in [0.25, 0.3) is 0 Å². The Morgan fingerprint density at radius 1 is 1.30 bits per heavy atom. The highest BCUT2D eigenvalue weighted by molar-refractivity contribution is 5.78. The maximum Gasteiger partial charge on any atom is 0.346 e. The van der Waals surface area contributed by atoms with Crippen LogP contribution in [0.25, 0.3) is 0 Å². The molecule has 0 N–H and O–H groups in total. The van der Waals surface area contributed by atoms with Crippen molar-refractivity contribution in [2.75, 3.05) is 13.7 Å². The predicted octanol–water partition coefficient (Wildman–Crippen LogP) is 4.82. The van der Waals surface area contributed by atoms with E-state index in [4.69, 9.17) is 14.2 Å². The van der Waals surface area contributed by atoms with Gasteiger partial charge < -0.3 is 14.2 Å². The number of esters is 1. The number of nitrogens with zero attached hydrogens (tertiary/aromatic N) is 3. The van der Waals surface area contributed by atoms with Crippen molar-refractivity contribution < 1.29 is 19.0 Å². The van der Waals surface area contributed by atoms with Gasteiger partial charge in [0.2, 0.25) is 0 Å². The number of carbonyl (C=O) groups is 1. The third-order valence-electron chi connectivity index (χ3n) is 5.79. The SMILES string of the molecule is C/C=C(\C=C/C(C)OC(C)(C)C(=O)OC)COCc1nn(C/C2=C/C/C=C(/C)C=C=C2)c(=O)n1CCC. The van der Waals surface area contributed by atoms with Crippen LogP contribution in [-0.2, 0) is 38.7 Å². The summed E-state index contributed by atoms with van der Waals surface area (Å²) in [6.45, 7) is 12.7. The first kappa shape index (κ1) is 30.0. The maximum atomic E-state index is 13.0. The molecule has 0 radical (unpaired) electrons. The number of carbonyl (C=O) groups excluding carboxylic acids is 1. The van der Waals surface area contributed by atoms with Crippen molar-refractivity contribution in [2.24, 2.45) is 0 Å². The van der Waals surface area contributed by atoms with Crippen LogP contribution < -0.4 is 5.69 Å². The van der Waals surface area contributed by atoms with Gasteiger partial charge in [-0.25, -0.2) is 14.3 Å². The first-order valence-corrected chi connectivity index (χ1v) is 12.7. The summed E-state index contributed by atoms with van der Waals surface area (Å²) in [5, 5.41) is 4.58. The minimum atomic E-state index is -1.04. The molecule has 0 saturated carbocycles. The summed E-state index contributed by atoms with van der Waals surface area (Å²) in [4.78, 5) is 24.9. The van der Waals surface area contributed by atoms with Crippen LogP contribution in [0.4, 0.5) is 0 Å². The van der Waals surface area contributed by atoms with Crippen LogP contribution in [0.5, 0.6) is 0 Å². The van der Waals surface area contributed by atoms with Crippen LogP contribution in [0, 0.1) is 0 Å². The lowest BCUT2D eigenvalue weighted by Crippen LogP contribution is -2.38. The third kappa shape index (κ3) is 9.32. The Bertz CT molecular complexity index is 1170. The topological polar surface area (TPSA) is 84.6 Å². The fourth-order valence-electron chi connectivity index (χ4n) is 3.77. The average Bonchev–Trinajstić information content (AvgIpc) is 3.13. The monoisotopic (exact) mass is 511 g/mol. The number of allylic oxidation sites excluding steroid dienone is 6. The Morgan fingerprint density at radius 3 is 2.73 bits per heavy atom. The van der Waals surface area contributed by atoms with Crippen LogP contribution in [-0.4, -0.2) is 45.7 Å². The van der Waals surface area contributed by atoms with Gasteiger partial charge in [-0.2, -0.15) is 5.10 Å². The summed E-state index contributed by atoms with van der Waals surface area (Å²) in [6.07, 6.45) is 15.1. The molecule has 1 aromatic heterocycles. The van der Waals surface area contributed by atoms with E-state index in [-0.39, 0.29) is 18.4 Å². The number of hydrogen-bond donors (Lipinski definition) is 0. The van der Waals surface area contributed by atoms with Crippen molar-refractivity contribution >= 4 is 5.97 Å². The van der Waals surface area contributed by atoms with Gasteiger partial charge in [-0.15, -0.1) is 5.73 Å². The molecule has 1 aliphatic rings. The summed E-state index contributed by atoms with van der Waals surface area (Å²) in [5.74, 6) is 0.176. The molecule has 0 amide bonds. The molecule has 202 valence electrons. The zero-order chi connectivity index (χ0) is 27.4. The van der Waals surface area contributed by atoms with Gasteiger partial charge in [0.15, 0.2) is 11.4 Å². The molecular weight excluding hydrogens is 470 g/mol. The highest BCUT2D eigenvalue weighted by Gasteiger charge is 2.31. The lowest BCUT2D eigenvalue weighted by molar-refractivity contribution is -0.168. The first-order valence-electron chi connectivity index (χ1n) is 12.7. The molecule has 8 heteroatoms. The minimum absolute atomic E-state index is 0.141. The standard InChI is InChI=1S/C29H41N3O5/c1-8-18-31-26(30-32(28(31)34)19-25-14-10-12-22(3)13-11-15-25)21-36-20-24(9-2)17-16-23(4)37-29(5,6)27(33)35-7/h9,12-17,23H,8,10,18-21H2,1-7H3/b17-16-,22-12-,24-9+,25-14+. The van der Waals surface area contributed by atoms with Crippen molar-refractivity contribution in [3.05, 3.63) is 81.3 Å². The van der Waals surface area contributed by atoms with E-state index < -0.39 is 11.6 Å². The normalized spacial score (nSPS) is 18.2. The Balaban J connectivity index is 2.04. The molecule has 1 unspecified atom stereocenters. The lowest BCUT2D eigenvalue weighted by atomic mass is 10.1. The zero-order valence-corrected chi connectivity index (χ0v) is 23.2. The molecule has 2 rings (SSSR count). The summed E-state index contributed by atoms with van der Waals surface area (Å²) < 4.78 is 19.7. The quantitative estimate of drug-likeness (QED) is 0.215. The van der Waals surface area contributed by atoms with Crippen molar-refractivity contribution in [1.29, 1.82) is 0 Å². The summed E-state index contributed by atoms with van der Waals surface area (Å²) in [6, 6.07) is 0. The van der Waals surface area contributed by atoms with Crippen LogP contribution >= 0.6 is 0 Å². The van der Waals surface area contributed by atoms with Crippen molar-refractivity contribution in [3.8, 4) is 0 Å². The Morgan fingerprint density at radius 2 is 2.05 bits per heavy atom. The van der Waals surface area contributed by atoms with E-state index in [0.29, 0.717) is 25.5 Å². The van der Waals surface area contributed by atoms with E-state index >= 15 is 0 Å². The number of methoxy groups -OCH3 is 1. The molecule has 8 nitrogen and oxygen atoms in total. The Hall–Kier alpha value is -3.19. The van der Waals surface area contributed by atoms with Crippen molar-refractivity contribution in [3.63, 3.8) is 0 Å². The van der Waals surface area contributed by atoms with Crippen molar-refractivity contribution in [2.45, 2.75) is 85.8 Å². The maximum absolute atomic E-state index is 13.0. The largest absolute Gasteiger partial charge is 0.467 e. The molecule has 1 atom stereocenters. The van der Waals surface area contributed by atoms with E-state index in [1.54, 1.807) is 18.4 Å². The Kier molecular flexibility index (Phi) is 11.8. The number of rotatable bonds is 13. The summed E-state index contributed by atoms with van der Waals surface area (Å²) in [7, 11) is 1.34. The van der Waals surface area contributed by atoms with Gasteiger partial charge >= 0.3 is 11.7 Å². The van der Waals surface area contributed by atoms with E-state index in [0.717, 1.165) is 29.6 Å². The third-order valence-corrected chi connectivity index (χ3v) is 5.79. The molecule has 37 heavy (non-hydrogen) atoms. The second kappa shape index (κ2) is 14.5. The van der Waals surface area contributed by atoms with E-state index in [1.807, 2.05) is 58.1 Å². The van der Waals surface area contributed by atoms with E-state index in [1.165, 1.54) is 11.8 Å². The fourth-order valence-corrected chi connectivity index (χ4v) is 3.77. The number of aromatic nitrogens is 3. The van der Waals surface area contributed by atoms with Crippen LogP contribution in [0.15, 0.2) is 69.8 Å². The van der Waals surface area contributed by atoms with Crippen molar-refractivity contribution in [1.82, 2.24) is 14.3 Å². The van der Waals surface area contributed by atoms with Gasteiger partial charge in [0, 0.05) is 6.54 Å². The van der Waals surface area contributed by atoms with E-state index in [9.17, 15) is 9.59 Å². The number of ether oxygens (including phenoxy) is 3. The van der Waals surface area contributed by atoms with Crippen LogP contribution in [0.1, 0.15) is 60.2 Å². The molecule has 0 spiro atoms. The Labute approximate surface area is 220 Å².